The van der Waals surface area contributed by atoms with E-state index in [1.165, 1.54) is 0 Å². The molecular weight excluding hydrogens is 374 g/mol. The maximum Gasteiger partial charge on any atom is 0.340 e. The highest BCUT2D eigenvalue weighted by Gasteiger charge is 2.30. The number of anilines is 1. The fourth-order valence-corrected chi connectivity index (χ4v) is 2.25. The summed E-state index contributed by atoms with van der Waals surface area (Å²) in [7, 11) is 1.04. The number of ether oxygens (including phenoxy) is 2. The predicted molar refractivity (Wildman–Crippen MR) is 98.9 cm³/mol. The molecule has 1 rings (SSSR count). The molecule has 9 heteroatoms. The minimum absolute atomic E-state index is 0.260. The van der Waals surface area contributed by atoms with Crippen molar-refractivity contribution in [1.29, 1.82) is 0 Å². The average Bonchev–Trinajstić information content (AvgIpc) is 2.59. The largest absolute Gasteiger partial charge is 0.465 e. The highest BCUT2D eigenvalue weighted by Crippen LogP contribution is 2.21. The molecule has 0 heterocycles. The van der Waals surface area contributed by atoms with Gasteiger partial charge in [0.2, 0.25) is 0 Å². The number of hydrogen-bond donors (Lipinski definition) is 2. The molecule has 0 spiro atoms. The Bertz CT molecular complexity index is 747. The Hall–Kier alpha value is -2.71. The molecule has 0 fully saturated rings. The van der Waals surface area contributed by atoms with Gasteiger partial charge < -0.3 is 20.1 Å². The molecule has 1 aromatic carbocycles. The number of carbonyl (C=O) groups is 3. The topological polar surface area (TPSA) is 93.7 Å². The van der Waals surface area contributed by atoms with Gasteiger partial charge in [0.1, 0.15) is 23.3 Å². The predicted octanol–water partition coefficient (Wildman–Crippen LogP) is 3.63. The molecule has 28 heavy (non-hydrogen) atoms. The maximum absolute atomic E-state index is 14.0. The lowest BCUT2D eigenvalue weighted by molar-refractivity contribution is -0.158. The summed E-state index contributed by atoms with van der Waals surface area (Å²) in [6, 6.07) is -0.603. The van der Waals surface area contributed by atoms with Crippen molar-refractivity contribution >= 4 is 23.7 Å². The number of benzene rings is 1. The van der Waals surface area contributed by atoms with Crippen LogP contribution in [0.5, 0.6) is 0 Å². The Balaban J connectivity index is 3.01. The maximum atomic E-state index is 14.0. The van der Waals surface area contributed by atoms with Gasteiger partial charge in [-0.3, -0.25) is 0 Å². The molecule has 1 aromatic rings. The van der Waals surface area contributed by atoms with Gasteiger partial charge in [-0.05, 0) is 32.8 Å². The molecule has 0 radical (unpaired) electrons. The number of hydrogen-bond acceptors (Lipinski definition) is 5. The summed E-state index contributed by atoms with van der Waals surface area (Å²) in [6.45, 7) is 8.68. The number of amides is 2. The molecule has 0 bridgehead atoms. The van der Waals surface area contributed by atoms with Crippen LogP contribution < -0.4 is 10.6 Å². The van der Waals surface area contributed by atoms with Crippen LogP contribution >= 0.6 is 0 Å². The Morgan fingerprint density at radius 3 is 2.25 bits per heavy atom. The third-order valence-corrected chi connectivity index (χ3v) is 3.87. The number of carbonyl (C=O) groups excluding carboxylic acids is 3. The molecule has 0 aliphatic heterocycles. The third-order valence-electron chi connectivity index (χ3n) is 3.87. The molecule has 0 aromatic heterocycles. The molecule has 0 aliphatic carbocycles. The van der Waals surface area contributed by atoms with Crippen molar-refractivity contribution in [1.82, 2.24) is 5.32 Å². The van der Waals surface area contributed by atoms with Gasteiger partial charge in [0.25, 0.3) is 0 Å². The molecule has 0 unspecified atom stereocenters. The summed E-state index contributed by atoms with van der Waals surface area (Å²) in [5.74, 6) is -4.12. The number of rotatable bonds is 6. The van der Waals surface area contributed by atoms with Crippen molar-refractivity contribution in [3.8, 4) is 0 Å². The smallest absolute Gasteiger partial charge is 0.340 e. The van der Waals surface area contributed by atoms with Gasteiger partial charge >= 0.3 is 18.0 Å². The molecule has 0 aliphatic rings. The van der Waals surface area contributed by atoms with Gasteiger partial charge in [0.05, 0.1) is 18.4 Å². The summed E-state index contributed by atoms with van der Waals surface area (Å²) in [4.78, 5) is 36.2. The Morgan fingerprint density at radius 1 is 1.14 bits per heavy atom. The molecule has 7 nitrogen and oxygen atoms in total. The molecule has 156 valence electrons. The number of methoxy groups -OCH3 is 1. The first kappa shape index (κ1) is 23.3. The minimum atomic E-state index is -1.12. The number of urea groups is 1. The molecular formula is C19H26F2N2O5. The first-order chi connectivity index (χ1) is 12.9. The number of esters is 2. The summed E-state index contributed by atoms with van der Waals surface area (Å²) in [5.41, 5.74) is -1.73. The van der Waals surface area contributed by atoms with E-state index < -0.39 is 52.5 Å². The third kappa shape index (κ3) is 6.47. The van der Waals surface area contributed by atoms with Gasteiger partial charge in [0, 0.05) is 6.07 Å². The van der Waals surface area contributed by atoms with Gasteiger partial charge in [-0.2, -0.15) is 0 Å². The van der Waals surface area contributed by atoms with Gasteiger partial charge in [-0.1, -0.05) is 20.3 Å². The van der Waals surface area contributed by atoms with E-state index in [0.29, 0.717) is 12.5 Å². The average molecular weight is 400 g/mol. The molecule has 2 amide bonds. The summed E-state index contributed by atoms with van der Waals surface area (Å²) < 4.78 is 37.4. The second kappa shape index (κ2) is 9.48. The molecule has 2 atom stereocenters. The van der Waals surface area contributed by atoms with Crippen molar-refractivity contribution in [3.63, 3.8) is 0 Å². The lowest BCUT2D eigenvalue weighted by atomic mass is 9.99. The van der Waals surface area contributed by atoms with Crippen molar-refractivity contribution in [2.45, 2.75) is 52.7 Å². The van der Waals surface area contributed by atoms with Crippen LogP contribution in [0, 0.1) is 17.6 Å². The van der Waals surface area contributed by atoms with Gasteiger partial charge in [0.15, 0.2) is 0 Å². The molecule has 0 saturated heterocycles. The SMILES string of the molecule is CC[C@H](C)[C@H](NC(=O)Nc1cc(C(=O)OC)c(F)cc1F)C(=O)OC(C)(C)C. The Labute approximate surface area is 162 Å². The van der Waals surface area contributed by atoms with Crippen LogP contribution in [0.2, 0.25) is 0 Å². The standard InChI is InChI=1S/C19H26F2N2O5/c1-7-10(2)15(17(25)28-19(3,4)5)23-18(26)22-14-8-11(16(24)27-6)12(20)9-13(14)21/h8-10,15H,7H2,1-6H3,(H2,22,23,26)/t10-,15-/m0/s1. The quantitative estimate of drug-likeness (QED) is 0.711. The van der Waals surface area contributed by atoms with Crippen molar-refractivity contribution in [3.05, 3.63) is 29.3 Å². The lowest BCUT2D eigenvalue weighted by Crippen LogP contribution is -2.49. The van der Waals surface area contributed by atoms with Crippen LogP contribution in [0.4, 0.5) is 19.3 Å². The zero-order valence-corrected chi connectivity index (χ0v) is 16.8. The molecule has 2 N–H and O–H groups in total. The summed E-state index contributed by atoms with van der Waals surface area (Å²) in [6.07, 6.45) is 0.571. The first-order valence-electron chi connectivity index (χ1n) is 8.77. The zero-order valence-electron chi connectivity index (χ0n) is 16.8. The monoisotopic (exact) mass is 400 g/mol. The minimum Gasteiger partial charge on any atom is -0.465 e. The fourth-order valence-electron chi connectivity index (χ4n) is 2.25. The summed E-state index contributed by atoms with van der Waals surface area (Å²) >= 11 is 0. The van der Waals surface area contributed by atoms with E-state index in [1.54, 1.807) is 27.7 Å². The fraction of sp³-hybridized carbons (Fsp3) is 0.526. The van der Waals surface area contributed by atoms with Crippen molar-refractivity contribution in [2.24, 2.45) is 5.92 Å². The van der Waals surface area contributed by atoms with Crippen LogP contribution in [0.25, 0.3) is 0 Å². The number of halogens is 2. The van der Waals surface area contributed by atoms with Crippen LogP contribution in [-0.4, -0.2) is 36.7 Å². The second-order valence-electron chi connectivity index (χ2n) is 7.30. The van der Waals surface area contributed by atoms with E-state index in [4.69, 9.17) is 4.74 Å². The van der Waals surface area contributed by atoms with E-state index >= 15 is 0 Å². The highest BCUT2D eigenvalue weighted by atomic mass is 19.1. The Morgan fingerprint density at radius 2 is 1.75 bits per heavy atom. The van der Waals surface area contributed by atoms with E-state index in [-0.39, 0.29) is 5.92 Å². The molecule has 0 saturated carbocycles. The Kier molecular flexibility index (Phi) is 7.89. The van der Waals surface area contributed by atoms with Crippen molar-refractivity contribution < 1.29 is 32.6 Å². The van der Waals surface area contributed by atoms with E-state index in [1.807, 2.05) is 6.92 Å². The lowest BCUT2D eigenvalue weighted by Gasteiger charge is -2.27. The van der Waals surface area contributed by atoms with Crippen LogP contribution in [0.3, 0.4) is 0 Å². The van der Waals surface area contributed by atoms with E-state index in [2.05, 4.69) is 15.4 Å². The van der Waals surface area contributed by atoms with E-state index in [9.17, 15) is 23.2 Å². The first-order valence-corrected chi connectivity index (χ1v) is 8.77. The van der Waals surface area contributed by atoms with Crippen molar-refractivity contribution in [2.75, 3.05) is 12.4 Å². The van der Waals surface area contributed by atoms with Crippen LogP contribution in [-0.2, 0) is 14.3 Å². The van der Waals surface area contributed by atoms with Gasteiger partial charge in [-0.25, -0.2) is 23.2 Å². The highest BCUT2D eigenvalue weighted by molar-refractivity contribution is 5.95. The van der Waals surface area contributed by atoms with Crippen LogP contribution in [0.15, 0.2) is 12.1 Å². The summed E-state index contributed by atoms with van der Waals surface area (Å²) in [5, 5.41) is 4.62. The number of nitrogens with one attached hydrogen (secondary N) is 2. The van der Waals surface area contributed by atoms with Crippen LogP contribution in [0.1, 0.15) is 51.4 Å². The normalized spacial score (nSPS) is 13.3. The van der Waals surface area contributed by atoms with Gasteiger partial charge in [-0.15, -0.1) is 0 Å². The second-order valence-corrected chi connectivity index (χ2v) is 7.30. The zero-order chi connectivity index (χ0) is 21.6. The van der Waals surface area contributed by atoms with E-state index in [0.717, 1.165) is 13.2 Å².